The minimum atomic E-state index is -0.352. The van der Waals surface area contributed by atoms with Crippen LogP contribution in [0.4, 0.5) is 4.39 Å². The fourth-order valence-electron chi connectivity index (χ4n) is 2.69. The Labute approximate surface area is 133 Å². The van der Waals surface area contributed by atoms with Gasteiger partial charge in [-0.3, -0.25) is 4.79 Å². The average molecular weight is 315 g/mol. The number of aromatic hydroxyl groups is 1. The van der Waals surface area contributed by atoms with E-state index in [-0.39, 0.29) is 28.5 Å². The summed E-state index contributed by atoms with van der Waals surface area (Å²) in [5.74, 6) is -0.202. The lowest BCUT2D eigenvalue weighted by Gasteiger charge is -2.17. The van der Waals surface area contributed by atoms with Crippen LogP contribution in [0.3, 0.4) is 0 Å². The topological polar surface area (TPSA) is 58.6 Å². The van der Waals surface area contributed by atoms with E-state index in [0.29, 0.717) is 12.3 Å². The highest BCUT2D eigenvalue weighted by Crippen LogP contribution is 2.47. The van der Waals surface area contributed by atoms with Crippen LogP contribution in [-0.2, 0) is 5.41 Å². The first-order valence-corrected chi connectivity index (χ1v) is 7.45. The Morgan fingerprint density at radius 2 is 1.96 bits per heavy atom. The Morgan fingerprint density at radius 1 is 1.26 bits per heavy atom. The predicted molar refractivity (Wildman–Crippen MR) is 84.3 cm³/mol. The van der Waals surface area contributed by atoms with Crippen molar-refractivity contribution in [3.8, 4) is 11.5 Å². The molecule has 0 atom stereocenters. The first-order valence-electron chi connectivity index (χ1n) is 7.45. The van der Waals surface area contributed by atoms with Crippen molar-refractivity contribution in [3.63, 3.8) is 0 Å². The normalized spacial score (nSPS) is 15.0. The van der Waals surface area contributed by atoms with Crippen molar-refractivity contribution in [3.05, 3.63) is 59.4 Å². The van der Waals surface area contributed by atoms with Crippen LogP contribution in [0.5, 0.6) is 11.5 Å². The number of ether oxygens (including phenoxy) is 1. The van der Waals surface area contributed by atoms with Crippen LogP contribution in [0.15, 0.2) is 42.5 Å². The molecule has 0 aromatic heterocycles. The number of carbonyl (C=O) groups is 1. The maximum atomic E-state index is 13.0. The van der Waals surface area contributed by atoms with E-state index in [1.54, 1.807) is 18.2 Å². The summed E-state index contributed by atoms with van der Waals surface area (Å²) in [7, 11) is 1.50. The van der Waals surface area contributed by atoms with E-state index >= 15 is 0 Å². The third kappa shape index (κ3) is 3.13. The van der Waals surface area contributed by atoms with Crippen molar-refractivity contribution in [2.24, 2.45) is 0 Å². The van der Waals surface area contributed by atoms with Crippen molar-refractivity contribution >= 4 is 5.91 Å². The van der Waals surface area contributed by atoms with Gasteiger partial charge in [0.25, 0.3) is 5.91 Å². The lowest BCUT2D eigenvalue weighted by molar-refractivity contribution is 0.0946. The molecule has 2 aromatic carbocycles. The average Bonchev–Trinajstić information content (AvgIpc) is 3.35. The van der Waals surface area contributed by atoms with Crippen molar-refractivity contribution in [1.82, 2.24) is 5.32 Å². The van der Waals surface area contributed by atoms with Gasteiger partial charge in [0.1, 0.15) is 17.3 Å². The maximum Gasteiger partial charge on any atom is 0.255 e. The summed E-state index contributed by atoms with van der Waals surface area (Å²) >= 11 is 0. The van der Waals surface area contributed by atoms with Crippen LogP contribution in [0.2, 0.25) is 0 Å². The van der Waals surface area contributed by atoms with Gasteiger partial charge in [-0.1, -0.05) is 12.1 Å². The zero-order valence-corrected chi connectivity index (χ0v) is 12.8. The molecule has 2 aromatic rings. The number of benzene rings is 2. The molecule has 0 saturated heterocycles. The molecule has 1 saturated carbocycles. The predicted octanol–water partition coefficient (Wildman–Crippen LogP) is 3.00. The first kappa shape index (κ1) is 15.3. The number of phenolic OH excluding ortho intramolecular Hbond substituents is 1. The smallest absolute Gasteiger partial charge is 0.255 e. The van der Waals surface area contributed by atoms with Gasteiger partial charge >= 0.3 is 0 Å². The van der Waals surface area contributed by atoms with E-state index in [1.165, 1.54) is 31.4 Å². The maximum absolute atomic E-state index is 13.0. The number of halogens is 1. The molecule has 1 aliphatic carbocycles. The lowest BCUT2D eigenvalue weighted by atomic mass is 9.96. The SMILES string of the molecule is COc1ccc(O)c(C(=O)NCC2(c3ccc(F)cc3)CC2)c1. The second-order valence-electron chi connectivity index (χ2n) is 5.85. The Balaban J connectivity index is 1.71. The van der Waals surface area contributed by atoms with Gasteiger partial charge in [-0.2, -0.15) is 0 Å². The highest BCUT2D eigenvalue weighted by Gasteiger charge is 2.44. The molecule has 0 bridgehead atoms. The third-order valence-electron chi connectivity index (χ3n) is 4.35. The molecule has 0 radical (unpaired) electrons. The largest absolute Gasteiger partial charge is 0.507 e. The Hall–Kier alpha value is -2.56. The summed E-state index contributed by atoms with van der Waals surface area (Å²) in [5, 5.41) is 12.7. The molecule has 0 aliphatic heterocycles. The molecule has 120 valence electrons. The number of nitrogens with one attached hydrogen (secondary N) is 1. The number of rotatable bonds is 5. The molecule has 1 fully saturated rings. The molecule has 1 aliphatic rings. The van der Waals surface area contributed by atoms with Crippen molar-refractivity contribution in [2.45, 2.75) is 18.3 Å². The number of hydrogen-bond acceptors (Lipinski definition) is 3. The van der Waals surface area contributed by atoms with Crippen molar-refractivity contribution < 1.29 is 19.0 Å². The number of amides is 1. The van der Waals surface area contributed by atoms with Gasteiger partial charge in [0.05, 0.1) is 12.7 Å². The molecule has 0 spiro atoms. The lowest BCUT2D eigenvalue weighted by Crippen LogP contribution is -2.32. The van der Waals surface area contributed by atoms with Crippen LogP contribution >= 0.6 is 0 Å². The van der Waals surface area contributed by atoms with Crippen LogP contribution < -0.4 is 10.1 Å². The van der Waals surface area contributed by atoms with Gasteiger partial charge < -0.3 is 15.2 Å². The highest BCUT2D eigenvalue weighted by atomic mass is 19.1. The first-order chi connectivity index (χ1) is 11.0. The van der Waals surface area contributed by atoms with Gasteiger partial charge in [0.2, 0.25) is 0 Å². The molecule has 0 heterocycles. The van der Waals surface area contributed by atoms with E-state index in [1.807, 2.05) is 0 Å². The molecular formula is C18H18FNO3. The third-order valence-corrected chi connectivity index (χ3v) is 4.35. The minimum Gasteiger partial charge on any atom is -0.507 e. The minimum absolute atomic E-state index is 0.0880. The molecule has 1 amide bonds. The van der Waals surface area contributed by atoms with E-state index < -0.39 is 0 Å². The van der Waals surface area contributed by atoms with Crippen molar-refractivity contribution in [1.29, 1.82) is 0 Å². The van der Waals surface area contributed by atoms with Gasteiger partial charge in [-0.25, -0.2) is 4.39 Å². The second kappa shape index (κ2) is 5.91. The van der Waals surface area contributed by atoms with E-state index in [0.717, 1.165) is 18.4 Å². The molecule has 23 heavy (non-hydrogen) atoms. The molecular weight excluding hydrogens is 297 g/mol. The van der Waals surface area contributed by atoms with Gasteiger partial charge in [-0.05, 0) is 48.7 Å². The molecule has 5 heteroatoms. The number of phenols is 1. The zero-order chi connectivity index (χ0) is 16.4. The Morgan fingerprint density at radius 3 is 2.57 bits per heavy atom. The fourth-order valence-corrected chi connectivity index (χ4v) is 2.69. The summed E-state index contributed by atoms with van der Waals surface area (Å²) in [5.41, 5.74) is 1.08. The molecule has 0 unspecified atom stereocenters. The highest BCUT2D eigenvalue weighted by molar-refractivity contribution is 5.97. The van der Waals surface area contributed by atoms with E-state index in [9.17, 15) is 14.3 Å². The number of carbonyl (C=O) groups excluding carboxylic acids is 1. The van der Waals surface area contributed by atoms with Crippen LogP contribution in [0.1, 0.15) is 28.8 Å². The van der Waals surface area contributed by atoms with Crippen LogP contribution in [0.25, 0.3) is 0 Å². The summed E-state index contributed by atoms with van der Waals surface area (Å²) < 4.78 is 18.1. The van der Waals surface area contributed by atoms with Gasteiger partial charge in [0, 0.05) is 12.0 Å². The van der Waals surface area contributed by atoms with Crippen LogP contribution in [0, 0.1) is 5.82 Å². The summed E-state index contributed by atoms with van der Waals surface area (Å²) in [6.45, 7) is 0.452. The number of hydrogen-bond donors (Lipinski definition) is 2. The summed E-state index contributed by atoms with van der Waals surface area (Å²) in [4.78, 5) is 12.3. The second-order valence-corrected chi connectivity index (χ2v) is 5.85. The van der Waals surface area contributed by atoms with Crippen LogP contribution in [-0.4, -0.2) is 24.7 Å². The van der Waals surface area contributed by atoms with Gasteiger partial charge in [-0.15, -0.1) is 0 Å². The van der Waals surface area contributed by atoms with Crippen molar-refractivity contribution in [2.75, 3.05) is 13.7 Å². The van der Waals surface area contributed by atoms with E-state index in [2.05, 4.69) is 5.32 Å². The van der Waals surface area contributed by atoms with Gasteiger partial charge in [0.15, 0.2) is 0 Å². The standard InChI is InChI=1S/C18H18FNO3/c1-23-14-6-7-16(21)15(10-14)17(22)20-11-18(8-9-18)12-2-4-13(19)5-3-12/h2-7,10,21H,8-9,11H2,1H3,(H,20,22). The van der Waals surface area contributed by atoms with E-state index in [4.69, 9.17) is 4.74 Å². The summed E-state index contributed by atoms with van der Waals surface area (Å²) in [6, 6.07) is 10.9. The molecule has 2 N–H and O–H groups in total. The monoisotopic (exact) mass is 315 g/mol. The Bertz CT molecular complexity index is 724. The Kier molecular flexibility index (Phi) is 3.94. The summed E-state index contributed by atoms with van der Waals surface area (Å²) in [6.07, 6.45) is 1.89. The zero-order valence-electron chi connectivity index (χ0n) is 12.8. The fraction of sp³-hybridized carbons (Fsp3) is 0.278. The molecule has 3 rings (SSSR count). The quantitative estimate of drug-likeness (QED) is 0.892. The molecule has 4 nitrogen and oxygen atoms in total. The number of methoxy groups -OCH3 is 1.